The van der Waals surface area contributed by atoms with Crippen molar-refractivity contribution in [3.05, 3.63) is 0 Å². The van der Waals surface area contributed by atoms with E-state index in [1.54, 1.807) is 7.11 Å². The second kappa shape index (κ2) is 8.09. The van der Waals surface area contributed by atoms with Gasteiger partial charge in [0.25, 0.3) is 0 Å². The molecule has 6 nitrogen and oxygen atoms in total. The van der Waals surface area contributed by atoms with E-state index < -0.39 is 5.97 Å². The van der Waals surface area contributed by atoms with Crippen LogP contribution >= 0.6 is 0 Å². The van der Waals surface area contributed by atoms with Crippen molar-refractivity contribution in [2.75, 3.05) is 33.4 Å². The molecule has 0 aromatic carbocycles. The van der Waals surface area contributed by atoms with Crippen LogP contribution in [0.25, 0.3) is 0 Å². The van der Waals surface area contributed by atoms with Crippen LogP contribution < -0.4 is 0 Å². The van der Waals surface area contributed by atoms with Crippen molar-refractivity contribution in [2.24, 2.45) is 5.92 Å². The van der Waals surface area contributed by atoms with Gasteiger partial charge in [-0.05, 0) is 32.6 Å². The van der Waals surface area contributed by atoms with E-state index in [9.17, 15) is 9.59 Å². The van der Waals surface area contributed by atoms with Gasteiger partial charge in [0.2, 0.25) is 0 Å². The second-order valence-electron chi connectivity index (χ2n) is 5.41. The van der Waals surface area contributed by atoms with Gasteiger partial charge in [0.15, 0.2) is 0 Å². The monoisotopic (exact) mass is 286 g/mol. The van der Waals surface area contributed by atoms with Gasteiger partial charge in [0.1, 0.15) is 0 Å². The van der Waals surface area contributed by atoms with Crippen LogP contribution in [0.2, 0.25) is 0 Å². The molecule has 116 valence electrons. The number of methoxy groups -OCH3 is 1. The van der Waals surface area contributed by atoms with Crippen molar-refractivity contribution < 1.29 is 19.4 Å². The van der Waals surface area contributed by atoms with Crippen LogP contribution in [0.3, 0.4) is 0 Å². The minimum absolute atomic E-state index is 0.0369. The Bertz CT molecular complexity index is 335. The topological polar surface area (TPSA) is 70.1 Å². The third kappa shape index (κ3) is 4.67. The summed E-state index contributed by atoms with van der Waals surface area (Å²) in [5.41, 5.74) is 0. The molecule has 1 aliphatic heterocycles. The summed E-state index contributed by atoms with van der Waals surface area (Å²) in [5, 5.41) is 8.70. The van der Waals surface area contributed by atoms with Crippen LogP contribution in [-0.2, 0) is 9.53 Å². The molecule has 1 aliphatic rings. The van der Waals surface area contributed by atoms with E-state index in [1.165, 1.54) is 0 Å². The smallest absolute Gasteiger partial charge is 0.320 e. The van der Waals surface area contributed by atoms with Gasteiger partial charge in [-0.15, -0.1) is 0 Å². The van der Waals surface area contributed by atoms with Gasteiger partial charge in [0.05, 0.1) is 12.6 Å². The zero-order valence-electron chi connectivity index (χ0n) is 12.7. The number of likely N-dealkylation sites (N-methyl/N-ethyl adjacent to an activating group) is 1. The summed E-state index contributed by atoms with van der Waals surface area (Å²) in [6.45, 7) is 6.50. The number of ether oxygens (including phenoxy) is 1. The highest BCUT2D eigenvalue weighted by Gasteiger charge is 2.30. The number of rotatable bonds is 7. The van der Waals surface area contributed by atoms with Gasteiger partial charge in [-0.25, -0.2) is 4.79 Å². The molecule has 0 spiro atoms. The maximum absolute atomic E-state index is 12.5. The molecule has 1 N–H and O–H groups in total. The fourth-order valence-corrected chi connectivity index (χ4v) is 2.72. The Hall–Kier alpha value is -1.30. The summed E-state index contributed by atoms with van der Waals surface area (Å²) >= 11 is 0. The Morgan fingerprint density at radius 3 is 2.75 bits per heavy atom. The molecule has 1 fully saturated rings. The quantitative estimate of drug-likeness (QED) is 0.772. The van der Waals surface area contributed by atoms with Crippen molar-refractivity contribution in [3.63, 3.8) is 0 Å². The summed E-state index contributed by atoms with van der Waals surface area (Å²) in [6, 6.07) is 0.0884. The number of carbonyl (C=O) groups excluding carboxylic acids is 1. The number of aliphatic carboxylic acids is 1. The van der Waals surface area contributed by atoms with Crippen molar-refractivity contribution in [1.82, 2.24) is 9.80 Å². The van der Waals surface area contributed by atoms with E-state index in [0.717, 1.165) is 13.0 Å². The molecule has 0 aliphatic carbocycles. The van der Waals surface area contributed by atoms with Crippen LogP contribution in [0.4, 0.5) is 4.79 Å². The van der Waals surface area contributed by atoms with E-state index in [2.05, 4.69) is 0 Å². The van der Waals surface area contributed by atoms with Crippen LogP contribution in [0.1, 0.15) is 33.1 Å². The number of carbonyl (C=O) groups is 2. The Morgan fingerprint density at radius 1 is 1.50 bits per heavy atom. The van der Waals surface area contributed by atoms with Gasteiger partial charge in [0, 0.05) is 33.2 Å². The first kappa shape index (κ1) is 16.8. The van der Waals surface area contributed by atoms with E-state index in [0.29, 0.717) is 32.0 Å². The number of urea groups is 1. The van der Waals surface area contributed by atoms with Crippen LogP contribution in [0.5, 0.6) is 0 Å². The molecular formula is C14H26N2O4. The minimum atomic E-state index is -0.765. The number of amides is 2. The first-order valence-corrected chi connectivity index (χ1v) is 7.25. The van der Waals surface area contributed by atoms with E-state index in [-0.39, 0.29) is 18.5 Å². The highest BCUT2D eigenvalue weighted by Crippen LogP contribution is 2.22. The van der Waals surface area contributed by atoms with Gasteiger partial charge < -0.3 is 19.6 Å². The fraction of sp³-hybridized carbons (Fsp3) is 0.857. The summed E-state index contributed by atoms with van der Waals surface area (Å²) in [6.07, 6.45) is 1.73. The molecule has 0 radical (unpaired) electrons. The van der Waals surface area contributed by atoms with Crippen molar-refractivity contribution >= 4 is 12.0 Å². The number of likely N-dealkylation sites (tertiary alicyclic amines) is 1. The largest absolute Gasteiger partial charge is 0.481 e. The van der Waals surface area contributed by atoms with Crippen molar-refractivity contribution in [2.45, 2.75) is 39.2 Å². The third-order valence-corrected chi connectivity index (χ3v) is 3.85. The van der Waals surface area contributed by atoms with Gasteiger partial charge in [-0.1, -0.05) is 0 Å². The molecule has 6 heteroatoms. The number of hydrogen-bond donors (Lipinski definition) is 1. The maximum Gasteiger partial charge on any atom is 0.320 e. The van der Waals surface area contributed by atoms with Crippen LogP contribution in [-0.4, -0.2) is 66.3 Å². The lowest BCUT2D eigenvalue weighted by Crippen LogP contribution is -2.47. The zero-order valence-corrected chi connectivity index (χ0v) is 12.7. The van der Waals surface area contributed by atoms with Gasteiger partial charge in [-0.3, -0.25) is 4.79 Å². The molecule has 0 bridgehead atoms. The predicted molar refractivity (Wildman–Crippen MR) is 75.7 cm³/mol. The zero-order chi connectivity index (χ0) is 15.1. The first-order valence-electron chi connectivity index (χ1n) is 7.25. The summed E-state index contributed by atoms with van der Waals surface area (Å²) in [4.78, 5) is 26.7. The molecule has 0 saturated carbocycles. The molecule has 2 amide bonds. The Labute approximate surface area is 120 Å². The lowest BCUT2D eigenvalue weighted by atomic mass is 10.0. The van der Waals surface area contributed by atoms with Crippen LogP contribution in [0.15, 0.2) is 0 Å². The summed E-state index contributed by atoms with van der Waals surface area (Å²) < 4.78 is 5.11. The molecule has 0 aromatic heterocycles. The molecular weight excluding hydrogens is 260 g/mol. The van der Waals surface area contributed by atoms with Gasteiger partial charge in [-0.2, -0.15) is 0 Å². The SMILES string of the molecule is CCN(C(=O)N1CCC(CCC(=O)O)C1)C(C)COC. The van der Waals surface area contributed by atoms with E-state index in [4.69, 9.17) is 9.84 Å². The fourth-order valence-electron chi connectivity index (χ4n) is 2.72. The summed E-state index contributed by atoms with van der Waals surface area (Å²) in [5.74, 6) is -0.454. The number of nitrogens with zero attached hydrogens (tertiary/aromatic N) is 2. The van der Waals surface area contributed by atoms with Gasteiger partial charge >= 0.3 is 12.0 Å². The molecule has 1 saturated heterocycles. The standard InChI is InChI=1S/C14H26N2O4/c1-4-16(11(2)10-20-3)14(19)15-8-7-12(9-15)5-6-13(17)18/h11-12H,4-10H2,1-3H3,(H,17,18). The highest BCUT2D eigenvalue weighted by atomic mass is 16.5. The number of carboxylic acid groups (broad SMARTS) is 1. The molecule has 1 rings (SSSR count). The van der Waals surface area contributed by atoms with Crippen molar-refractivity contribution in [3.8, 4) is 0 Å². The Kier molecular flexibility index (Phi) is 6.78. The normalized spacial score (nSPS) is 19.9. The Morgan fingerprint density at radius 2 is 2.20 bits per heavy atom. The van der Waals surface area contributed by atoms with E-state index >= 15 is 0 Å². The van der Waals surface area contributed by atoms with Crippen molar-refractivity contribution in [1.29, 1.82) is 0 Å². The molecule has 2 unspecified atom stereocenters. The predicted octanol–water partition coefficient (Wildman–Crippen LogP) is 1.65. The molecule has 1 heterocycles. The van der Waals surface area contributed by atoms with Crippen LogP contribution in [0, 0.1) is 5.92 Å². The molecule has 20 heavy (non-hydrogen) atoms. The number of hydrogen-bond acceptors (Lipinski definition) is 3. The first-order chi connectivity index (χ1) is 9.49. The number of carboxylic acids is 1. The maximum atomic E-state index is 12.5. The molecule has 2 atom stereocenters. The third-order valence-electron chi connectivity index (χ3n) is 3.85. The lowest BCUT2D eigenvalue weighted by Gasteiger charge is -2.31. The Balaban J connectivity index is 2.49. The highest BCUT2D eigenvalue weighted by molar-refractivity contribution is 5.75. The molecule has 0 aromatic rings. The average molecular weight is 286 g/mol. The minimum Gasteiger partial charge on any atom is -0.481 e. The van der Waals surface area contributed by atoms with E-state index in [1.807, 2.05) is 23.6 Å². The average Bonchev–Trinajstić information content (AvgIpc) is 2.86. The second-order valence-corrected chi connectivity index (χ2v) is 5.41. The lowest BCUT2D eigenvalue weighted by molar-refractivity contribution is -0.137. The summed E-state index contributed by atoms with van der Waals surface area (Å²) in [7, 11) is 1.63.